The summed E-state index contributed by atoms with van der Waals surface area (Å²) in [5.41, 5.74) is 12.3. The first kappa shape index (κ1) is 30.8. The van der Waals surface area contributed by atoms with Gasteiger partial charge in [0.25, 0.3) is 0 Å². The third kappa shape index (κ3) is 7.26. The van der Waals surface area contributed by atoms with Crippen LogP contribution in [0.4, 0.5) is 22.0 Å². The van der Waals surface area contributed by atoms with E-state index >= 15 is 0 Å². The topological polar surface area (TPSA) is 174 Å². The molecular weight excluding hydrogens is 558 g/mol. The van der Waals surface area contributed by atoms with Crippen molar-refractivity contribution in [3.05, 3.63) is 65.6 Å². The van der Waals surface area contributed by atoms with Gasteiger partial charge in [0.15, 0.2) is 0 Å². The molecule has 1 unspecified atom stereocenters. The van der Waals surface area contributed by atoms with Crippen LogP contribution in [0.5, 0.6) is 5.75 Å². The van der Waals surface area contributed by atoms with Crippen LogP contribution in [0, 0.1) is 6.92 Å². The second-order valence-electron chi connectivity index (χ2n) is 11.8. The lowest BCUT2D eigenvalue weighted by molar-refractivity contribution is 0.0826. The quantitative estimate of drug-likeness (QED) is 0.105. The van der Waals surface area contributed by atoms with Gasteiger partial charge >= 0.3 is 6.03 Å². The summed E-state index contributed by atoms with van der Waals surface area (Å²) >= 11 is 0. The van der Waals surface area contributed by atoms with Crippen molar-refractivity contribution in [3.8, 4) is 16.9 Å². The van der Waals surface area contributed by atoms with Gasteiger partial charge in [-0.2, -0.15) is 5.10 Å². The van der Waals surface area contributed by atoms with Crippen molar-refractivity contribution in [2.75, 3.05) is 30.3 Å². The molecule has 12 heteroatoms. The lowest BCUT2D eigenvalue weighted by Gasteiger charge is -2.17. The molecule has 4 heterocycles. The number of nitrogens with one attached hydrogen (secondary N) is 4. The van der Waals surface area contributed by atoms with E-state index in [1.807, 2.05) is 30.6 Å². The van der Waals surface area contributed by atoms with Crippen molar-refractivity contribution >= 4 is 34.6 Å². The maximum Gasteiger partial charge on any atom is 0.320 e. The molecule has 5 rings (SSSR count). The Hall–Kier alpha value is -4.68. The first-order valence-electron chi connectivity index (χ1n) is 14.9. The Morgan fingerprint density at radius 2 is 2.07 bits per heavy atom. The van der Waals surface area contributed by atoms with Crippen molar-refractivity contribution in [1.29, 1.82) is 0 Å². The van der Waals surface area contributed by atoms with E-state index < -0.39 is 11.6 Å². The summed E-state index contributed by atoms with van der Waals surface area (Å²) in [6, 6.07) is 8.83. The summed E-state index contributed by atoms with van der Waals surface area (Å²) in [5, 5.41) is 37.0. The van der Waals surface area contributed by atoms with Gasteiger partial charge in [-0.3, -0.25) is 5.32 Å². The zero-order chi connectivity index (χ0) is 31.4. The van der Waals surface area contributed by atoms with E-state index in [-0.39, 0.29) is 12.3 Å². The summed E-state index contributed by atoms with van der Waals surface area (Å²) in [5.74, 6) is 0.915. The number of hydrogen-bond donors (Lipinski definition) is 7. The lowest BCUT2D eigenvalue weighted by Crippen LogP contribution is -2.40. The minimum atomic E-state index is -1.02. The van der Waals surface area contributed by atoms with Crippen molar-refractivity contribution in [1.82, 2.24) is 25.2 Å². The number of fused-ring (bicyclic) bond motifs is 1. The van der Waals surface area contributed by atoms with Crippen molar-refractivity contribution < 1.29 is 15.0 Å². The van der Waals surface area contributed by atoms with Crippen LogP contribution in [-0.2, 0) is 6.42 Å². The molecule has 0 radical (unpaired) electrons. The van der Waals surface area contributed by atoms with E-state index in [1.165, 1.54) is 0 Å². The van der Waals surface area contributed by atoms with E-state index in [4.69, 9.17) is 10.7 Å². The number of nitrogens with two attached hydrogens (primary N) is 1. The Balaban J connectivity index is 1.48. The predicted molar refractivity (Wildman–Crippen MR) is 174 cm³/mol. The Bertz CT molecular complexity index is 1680. The van der Waals surface area contributed by atoms with Crippen LogP contribution in [0.2, 0.25) is 0 Å². The molecule has 1 aliphatic heterocycles. The number of aliphatic imine (C=N–C) groups is 1. The van der Waals surface area contributed by atoms with Crippen LogP contribution in [0.1, 0.15) is 50.3 Å². The first-order chi connectivity index (χ1) is 21.0. The molecule has 3 aromatic heterocycles. The predicted octanol–water partition coefficient (Wildman–Crippen LogP) is 4.07. The van der Waals surface area contributed by atoms with Crippen LogP contribution in [0.3, 0.4) is 0 Å². The molecule has 1 aromatic carbocycles. The van der Waals surface area contributed by atoms with E-state index in [2.05, 4.69) is 31.3 Å². The van der Waals surface area contributed by atoms with Crippen LogP contribution >= 0.6 is 0 Å². The van der Waals surface area contributed by atoms with E-state index in [0.29, 0.717) is 35.4 Å². The number of amidine groups is 1. The molecule has 1 atom stereocenters. The Morgan fingerprint density at radius 1 is 1.25 bits per heavy atom. The number of aromatic nitrogens is 3. The van der Waals surface area contributed by atoms with E-state index in [1.54, 1.807) is 50.5 Å². The van der Waals surface area contributed by atoms with Crippen LogP contribution in [0.25, 0.3) is 16.6 Å². The molecule has 8 N–H and O–H groups in total. The molecule has 4 aromatic rings. The monoisotopic (exact) mass is 599 g/mol. The molecule has 0 aliphatic carbocycles. The standard InChI is InChI=1S/C32H41N9O3/c1-5-20-12-23(42)8-9-26(20)39-30(33)25-16-38-41-17-21(13-27(41)29(25)36-14-22-7-6-10-34-22)24-15-35-28(11-19(24)2)40-31(43)37-18-32(3,4)44/h8-9,11-13,15-17,22,34,36,42,44H,5-7,10,14,18H2,1-4H3,(H2,33,39)(H2,35,37,40,43). The number of nitrogens with zero attached hydrogens (tertiary/aromatic N) is 4. The zero-order valence-corrected chi connectivity index (χ0v) is 25.6. The fraction of sp³-hybridized carbons (Fsp3) is 0.375. The summed E-state index contributed by atoms with van der Waals surface area (Å²) in [6.45, 7) is 9.04. The second-order valence-corrected chi connectivity index (χ2v) is 11.8. The second kappa shape index (κ2) is 12.9. The smallest absolute Gasteiger partial charge is 0.320 e. The highest BCUT2D eigenvalue weighted by Crippen LogP contribution is 2.32. The van der Waals surface area contributed by atoms with Gasteiger partial charge in [0, 0.05) is 42.7 Å². The molecule has 2 amide bonds. The highest BCUT2D eigenvalue weighted by Gasteiger charge is 2.20. The molecule has 12 nitrogen and oxygen atoms in total. The van der Waals surface area contributed by atoms with Gasteiger partial charge in [-0.05, 0) is 88.0 Å². The molecule has 0 spiro atoms. The molecule has 232 valence electrons. The number of hydrogen-bond acceptors (Lipinski definition) is 8. The van der Waals surface area contributed by atoms with E-state index in [0.717, 1.165) is 59.4 Å². The van der Waals surface area contributed by atoms with Crippen LogP contribution in [0.15, 0.2) is 53.9 Å². The number of carbonyl (C=O) groups excluding carboxylic acids is 1. The van der Waals surface area contributed by atoms with E-state index in [9.17, 15) is 15.0 Å². The number of aryl methyl sites for hydroxylation is 2. The molecule has 1 aliphatic rings. The number of benzene rings is 1. The molecule has 0 saturated carbocycles. The number of aromatic hydroxyl groups is 1. The molecule has 44 heavy (non-hydrogen) atoms. The summed E-state index contributed by atoms with van der Waals surface area (Å²) < 4.78 is 1.81. The number of phenolic OH excluding ortho intramolecular Hbond substituents is 1. The number of aliphatic hydroxyl groups is 1. The number of urea groups is 1. The maximum absolute atomic E-state index is 12.3. The van der Waals surface area contributed by atoms with Crippen molar-refractivity contribution in [2.45, 2.75) is 58.6 Å². The summed E-state index contributed by atoms with van der Waals surface area (Å²) in [6.07, 6.45) is 8.31. The van der Waals surface area contributed by atoms with Gasteiger partial charge in [-0.1, -0.05) is 6.92 Å². The lowest BCUT2D eigenvalue weighted by atomic mass is 10.1. The SMILES string of the molecule is CCc1cc(O)ccc1N=C(N)c1cnn2cc(-c3cnc(NC(=O)NCC(C)(C)O)cc3C)cc2c1NCC1CCCN1. The summed E-state index contributed by atoms with van der Waals surface area (Å²) in [7, 11) is 0. The number of anilines is 2. The molecule has 0 bridgehead atoms. The van der Waals surface area contributed by atoms with Gasteiger partial charge in [0.2, 0.25) is 0 Å². The third-order valence-corrected chi connectivity index (χ3v) is 7.63. The minimum Gasteiger partial charge on any atom is -0.508 e. The number of carbonyl (C=O) groups is 1. The molecular formula is C32H41N9O3. The largest absolute Gasteiger partial charge is 0.508 e. The van der Waals surface area contributed by atoms with Gasteiger partial charge in [-0.15, -0.1) is 0 Å². The Kier molecular flexibility index (Phi) is 9.02. The van der Waals surface area contributed by atoms with Crippen LogP contribution < -0.4 is 27.0 Å². The fourth-order valence-electron chi connectivity index (χ4n) is 5.28. The summed E-state index contributed by atoms with van der Waals surface area (Å²) in [4.78, 5) is 21.5. The van der Waals surface area contributed by atoms with Crippen molar-refractivity contribution in [3.63, 3.8) is 0 Å². The normalized spacial score (nSPS) is 15.5. The maximum atomic E-state index is 12.3. The van der Waals surface area contributed by atoms with Crippen molar-refractivity contribution in [2.24, 2.45) is 10.7 Å². The highest BCUT2D eigenvalue weighted by atomic mass is 16.3. The Morgan fingerprint density at radius 3 is 2.77 bits per heavy atom. The van der Waals surface area contributed by atoms with Gasteiger partial charge in [0.05, 0.1) is 34.3 Å². The average Bonchev–Trinajstić information content (AvgIpc) is 3.65. The number of amides is 2. The fourth-order valence-corrected chi connectivity index (χ4v) is 5.28. The number of phenols is 1. The van der Waals surface area contributed by atoms with Gasteiger partial charge in [-0.25, -0.2) is 19.3 Å². The third-order valence-electron chi connectivity index (χ3n) is 7.63. The zero-order valence-electron chi connectivity index (χ0n) is 25.6. The average molecular weight is 600 g/mol. The minimum absolute atomic E-state index is 0.110. The molecule has 1 fully saturated rings. The van der Waals surface area contributed by atoms with Gasteiger partial charge < -0.3 is 31.9 Å². The number of rotatable bonds is 10. The highest BCUT2D eigenvalue weighted by molar-refractivity contribution is 6.06. The van der Waals surface area contributed by atoms with Crippen LogP contribution in [-0.4, -0.2) is 68.0 Å². The first-order valence-corrected chi connectivity index (χ1v) is 14.9. The molecule has 1 saturated heterocycles. The Labute approximate surface area is 256 Å². The number of pyridine rings is 1. The van der Waals surface area contributed by atoms with Gasteiger partial charge in [0.1, 0.15) is 17.4 Å².